The fraction of sp³-hybridized carbons (Fsp3) is 1.00. The average molecular weight is 246 g/mol. The van der Waals surface area contributed by atoms with Crippen LogP contribution in [-0.2, 0) is 9.47 Å². The molecule has 0 aromatic heterocycles. The molecule has 0 radical (unpaired) electrons. The first-order chi connectivity index (χ1) is 7.76. The van der Waals surface area contributed by atoms with E-state index in [1.807, 2.05) is 0 Å². The Morgan fingerprint density at radius 2 is 2.38 bits per heavy atom. The van der Waals surface area contributed by atoms with Crippen molar-refractivity contribution < 1.29 is 14.6 Å². The monoisotopic (exact) mass is 246 g/mol. The first-order valence-electron chi connectivity index (χ1n) is 6.14. The molecule has 1 spiro atoms. The van der Waals surface area contributed by atoms with Gasteiger partial charge in [0.05, 0.1) is 18.3 Å². The minimum atomic E-state index is -0.158. The average Bonchev–Trinajstić information content (AvgIpc) is 2.74. The molecule has 3 atom stereocenters. The minimum Gasteiger partial charge on any atom is -0.393 e. The van der Waals surface area contributed by atoms with Crippen LogP contribution in [0.1, 0.15) is 25.7 Å². The van der Waals surface area contributed by atoms with Crippen molar-refractivity contribution >= 4 is 11.8 Å². The van der Waals surface area contributed by atoms with Gasteiger partial charge in [0, 0.05) is 19.6 Å². The summed E-state index contributed by atoms with van der Waals surface area (Å²) in [4.78, 5) is 0. The van der Waals surface area contributed by atoms with Gasteiger partial charge in [-0.2, -0.15) is 11.8 Å². The second-order valence-electron chi connectivity index (χ2n) is 4.94. The lowest BCUT2D eigenvalue weighted by molar-refractivity contribution is -0.116. The molecule has 2 saturated heterocycles. The van der Waals surface area contributed by atoms with E-state index >= 15 is 0 Å². The smallest absolute Gasteiger partial charge is 0.0940 e. The molecule has 0 aromatic carbocycles. The number of ether oxygens (including phenoxy) is 2. The van der Waals surface area contributed by atoms with Gasteiger partial charge in [0.15, 0.2) is 0 Å². The Morgan fingerprint density at radius 1 is 1.50 bits per heavy atom. The van der Waals surface area contributed by atoms with E-state index in [0.29, 0.717) is 5.92 Å². The van der Waals surface area contributed by atoms with Crippen molar-refractivity contribution in [1.29, 1.82) is 0 Å². The van der Waals surface area contributed by atoms with Crippen LogP contribution in [0.2, 0.25) is 0 Å². The van der Waals surface area contributed by atoms with Gasteiger partial charge in [0.25, 0.3) is 0 Å². The maximum Gasteiger partial charge on any atom is 0.0940 e. The van der Waals surface area contributed by atoms with Crippen molar-refractivity contribution in [1.82, 2.24) is 0 Å². The van der Waals surface area contributed by atoms with Crippen LogP contribution in [0.4, 0.5) is 0 Å². The van der Waals surface area contributed by atoms with E-state index in [9.17, 15) is 5.11 Å². The van der Waals surface area contributed by atoms with Crippen molar-refractivity contribution in [2.75, 3.05) is 31.8 Å². The van der Waals surface area contributed by atoms with Crippen LogP contribution in [0, 0.1) is 5.92 Å². The van der Waals surface area contributed by atoms with Crippen molar-refractivity contribution in [3.8, 4) is 0 Å². The third-order valence-electron chi connectivity index (χ3n) is 3.76. The minimum absolute atomic E-state index is 0.0662. The molecule has 2 rings (SSSR count). The Labute approximate surface area is 102 Å². The van der Waals surface area contributed by atoms with Gasteiger partial charge >= 0.3 is 0 Å². The normalized spacial score (nSPS) is 36.8. The quantitative estimate of drug-likeness (QED) is 0.819. The van der Waals surface area contributed by atoms with Crippen LogP contribution in [0.5, 0.6) is 0 Å². The summed E-state index contributed by atoms with van der Waals surface area (Å²) in [6.07, 6.45) is 5.80. The van der Waals surface area contributed by atoms with Crippen molar-refractivity contribution in [2.24, 2.45) is 5.92 Å². The van der Waals surface area contributed by atoms with E-state index in [2.05, 4.69) is 6.26 Å². The van der Waals surface area contributed by atoms with Crippen LogP contribution >= 0.6 is 11.8 Å². The van der Waals surface area contributed by atoms with Gasteiger partial charge in [-0.25, -0.2) is 0 Å². The molecule has 0 amide bonds. The molecule has 2 aliphatic rings. The SMILES string of the molecule is CSCCC(O)C1CCOC2(CCOC2)C1. The summed E-state index contributed by atoms with van der Waals surface area (Å²) in [5, 5.41) is 10.1. The van der Waals surface area contributed by atoms with Gasteiger partial charge in [-0.3, -0.25) is 0 Å². The molecule has 4 heteroatoms. The molecule has 3 unspecified atom stereocenters. The van der Waals surface area contributed by atoms with E-state index in [1.54, 1.807) is 11.8 Å². The topological polar surface area (TPSA) is 38.7 Å². The highest BCUT2D eigenvalue weighted by molar-refractivity contribution is 7.98. The highest BCUT2D eigenvalue weighted by atomic mass is 32.2. The molecule has 0 aromatic rings. The van der Waals surface area contributed by atoms with Gasteiger partial charge in [-0.1, -0.05) is 0 Å². The van der Waals surface area contributed by atoms with Crippen LogP contribution in [0.15, 0.2) is 0 Å². The summed E-state index contributed by atoms with van der Waals surface area (Å²) >= 11 is 1.80. The third-order valence-corrected chi connectivity index (χ3v) is 4.40. The summed E-state index contributed by atoms with van der Waals surface area (Å²) in [6.45, 7) is 2.32. The largest absolute Gasteiger partial charge is 0.393 e. The predicted octanol–water partition coefficient (Wildman–Crippen LogP) is 1.69. The highest BCUT2D eigenvalue weighted by Crippen LogP contribution is 2.37. The van der Waals surface area contributed by atoms with Crippen LogP contribution in [0.3, 0.4) is 0 Å². The second-order valence-corrected chi connectivity index (χ2v) is 5.92. The first-order valence-corrected chi connectivity index (χ1v) is 7.54. The number of hydrogen-bond donors (Lipinski definition) is 1. The molecule has 2 heterocycles. The lowest BCUT2D eigenvalue weighted by atomic mass is 9.81. The number of hydrogen-bond acceptors (Lipinski definition) is 4. The Bertz CT molecular complexity index is 216. The molecule has 3 nitrogen and oxygen atoms in total. The second kappa shape index (κ2) is 5.71. The van der Waals surface area contributed by atoms with Gasteiger partial charge in [-0.05, 0) is 37.2 Å². The van der Waals surface area contributed by atoms with E-state index in [1.165, 1.54) is 0 Å². The molecule has 2 fully saturated rings. The van der Waals surface area contributed by atoms with E-state index in [0.717, 1.165) is 51.3 Å². The van der Waals surface area contributed by atoms with Crippen molar-refractivity contribution in [2.45, 2.75) is 37.4 Å². The van der Waals surface area contributed by atoms with Crippen LogP contribution < -0.4 is 0 Å². The Hall–Kier alpha value is 0.230. The zero-order valence-electron chi connectivity index (χ0n) is 9.98. The maximum absolute atomic E-state index is 10.1. The molecule has 0 saturated carbocycles. The molecule has 16 heavy (non-hydrogen) atoms. The van der Waals surface area contributed by atoms with Gasteiger partial charge in [0.1, 0.15) is 0 Å². The van der Waals surface area contributed by atoms with Crippen LogP contribution in [-0.4, -0.2) is 48.6 Å². The Morgan fingerprint density at radius 3 is 3.06 bits per heavy atom. The van der Waals surface area contributed by atoms with Crippen molar-refractivity contribution in [3.05, 3.63) is 0 Å². The molecule has 1 N–H and O–H groups in total. The number of rotatable bonds is 4. The van der Waals surface area contributed by atoms with Crippen LogP contribution in [0.25, 0.3) is 0 Å². The molecule has 0 aliphatic carbocycles. The summed E-state index contributed by atoms with van der Waals surface area (Å²) < 4.78 is 11.3. The summed E-state index contributed by atoms with van der Waals surface area (Å²) in [5.41, 5.74) is -0.0662. The number of aliphatic hydroxyl groups excluding tert-OH is 1. The van der Waals surface area contributed by atoms with Gasteiger partial charge < -0.3 is 14.6 Å². The maximum atomic E-state index is 10.1. The molecule has 2 aliphatic heterocycles. The zero-order valence-corrected chi connectivity index (χ0v) is 10.8. The molecule has 0 bridgehead atoms. The number of thioether (sulfide) groups is 1. The van der Waals surface area contributed by atoms with Gasteiger partial charge in [0.2, 0.25) is 0 Å². The predicted molar refractivity (Wildman–Crippen MR) is 65.8 cm³/mol. The molecular weight excluding hydrogens is 224 g/mol. The summed E-state index contributed by atoms with van der Waals surface area (Å²) in [5.74, 6) is 1.45. The highest BCUT2D eigenvalue weighted by Gasteiger charge is 2.42. The van der Waals surface area contributed by atoms with Gasteiger partial charge in [-0.15, -0.1) is 0 Å². The standard InChI is InChI=1S/C12H22O3S/c1-16-7-3-11(13)10-2-5-15-12(8-10)4-6-14-9-12/h10-11,13H,2-9H2,1H3. The van der Waals surface area contributed by atoms with E-state index < -0.39 is 0 Å². The first kappa shape index (κ1) is 12.7. The molecular formula is C12H22O3S. The zero-order chi connectivity index (χ0) is 11.4. The Balaban J connectivity index is 1.85. The summed E-state index contributed by atoms with van der Waals surface area (Å²) in [6, 6.07) is 0. The van der Waals surface area contributed by atoms with E-state index in [-0.39, 0.29) is 11.7 Å². The lowest BCUT2D eigenvalue weighted by Crippen LogP contribution is -2.43. The van der Waals surface area contributed by atoms with Crippen molar-refractivity contribution in [3.63, 3.8) is 0 Å². The third kappa shape index (κ3) is 2.92. The number of aliphatic hydroxyl groups is 1. The Kier molecular flexibility index (Phi) is 4.53. The van der Waals surface area contributed by atoms with E-state index in [4.69, 9.17) is 9.47 Å². The fourth-order valence-corrected chi connectivity index (χ4v) is 3.21. The summed E-state index contributed by atoms with van der Waals surface area (Å²) in [7, 11) is 0. The molecule has 94 valence electrons. The fourth-order valence-electron chi connectivity index (χ4n) is 2.73. The lowest BCUT2D eigenvalue weighted by Gasteiger charge is -2.39.